The number of nitrogens with zero attached hydrogens (tertiary/aromatic N) is 2. The molecule has 2 aromatic rings. The van der Waals surface area contributed by atoms with Gasteiger partial charge in [-0.05, 0) is 45.0 Å². The van der Waals surface area contributed by atoms with E-state index in [1.54, 1.807) is 13.1 Å². The summed E-state index contributed by atoms with van der Waals surface area (Å²) in [5, 5.41) is 9.86. The molecule has 0 radical (unpaired) electrons. The summed E-state index contributed by atoms with van der Waals surface area (Å²) in [5.74, 6) is 6.99. The first-order chi connectivity index (χ1) is 11.0. The molecule has 0 spiro atoms. The van der Waals surface area contributed by atoms with E-state index >= 15 is 0 Å². The SMILES string of the molecule is CC(C)OC[C@H](C#Cc1ccc(Br)cc1)n1ccnc1[C@H](C)O. The number of hydrogen-bond donors (Lipinski definition) is 1. The standard InChI is InChI=1S/C18H21BrN2O2/c1-13(2)23-12-17(21-11-10-20-18(21)14(3)22)9-6-15-4-7-16(19)8-5-15/h4-5,7-8,10-11,13-14,17,22H,12H2,1-3H3/t14-,17-/m0/s1. The average molecular weight is 377 g/mol. The second-order valence-corrected chi connectivity index (χ2v) is 6.46. The highest BCUT2D eigenvalue weighted by Gasteiger charge is 2.16. The lowest BCUT2D eigenvalue weighted by Crippen LogP contribution is -2.19. The van der Waals surface area contributed by atoms with Gasteiger partial charge in [-0.25, -0.2) is 4.98 Å². The Balaban J connectivity index is 2.27. The molecular formula is C18H21BrN2O2. The third-order valence-electron chi connectivity index (χ3n) is 3.22. The lowest BCUT2D eigenvalue weighted by molar-refractivity contribution is 0.0630. The Kier molecular flexibility index (Phi) is 6.40. The second-order valence-electron chi connectivity index (χ2n) is 5.54. The van der Waals surface area contributed by atoms with Gasteiger partial charge in [-0.3, -0.25) is 0 Å². The second kappa shape index (κ2) is 8.30. The molecule has 4 nitrogen and oxygen atoms in total. The molecule has 1 N–H and O–H groups in total. The van der Waals surface area contributed by atoms with Gasteiger partial charge >= 0.3 is 0 Å². The normalized spacial score (nSPS) is 13.5. The Morgan fingerprint density at radius 3 is 2.57 bits per heavy atom. The molecule has 1 heterocycles. The lowest BCUT2D eigenvalue weighted by atomic mass is 10.2. The van der Waals surface area contributed by atoms with Gasteiger partial charge in [0.25, 0.3) is 0 Å². The maximum absolute atomic E-state index is 9.86. The molecule has 1 aromatic carbocycles. The molecule has 122 valence electrons. The van der Waals surface area contributed by atoms with E-state index in [9.17, 15) is 5.11 Å². The van der Waals surface area contributed by atoms with Crippen molar-refractivity contribution in [2.24, 2.45) is 0 Å². The molecule has 0 saturated carbocycles. The van der Waals surface area contributed by atoms with Crippen LogP contribution in [0.15, 0.2) is 41.1 Å². The van der Waals surface area contributed by atoms with E-state index in [4.69, 9.17) is 4.74 Å². The Morgan fingerprint density at radius 2 is 1.96 bits per heavy atom. The van der Waals surface area contributed by atoms with Crippen LogP contribution in [0.25, 0.3) is 0 Å². The largest absolute Gasteiger partial charge is 0.385 e. The number of hydrogen-bond acceptors (Lipinski definition) is 3. The molecule has 0 amide bonds. The Hall–Kier alpha value is -1.61. The molecule has 0 aliphatic rings. The Morgan fingerprint density at radius 1 is 1.26 bits per heavy atom. The van der Waals surface area contributed by atoms with Gasteiger partial charge in [0.15, 0.2) is 0 Å². The van der Waals surface area contributed by atoms with Crippen molar-refractivity contribution in [3.63, 3.8) is 0 Å². The summed E-state index contributed by atoms with van der Waals surface area (Å²) in [5.41, 5.74) is 0.932. The predicted octanol–water partition coefficient (Wildman–Crippen LogP) is 3.72. The van der Waals surface area contributed by atoms with E-state index in [0.29, 0.717) is 12.4 Å². The van der Waals surface area contributed by atoms with Gasteiger partial charge < -0.3 is 14.4 Å². The number of ether oxygens (including phenoxy) is 1. The Bertz CT molecular complexity index is 681. The van der Waals surface area contributed by atoms with Gasteiger partial charge in [0.1, 0.15) is 18.0 Å². The monoisotopic (exact) mass is 376 g/mol. The van der Waals surface area contributed by atoms with Crippen molar-refractivity contribution in [2.75, 3.05) is 6.61 Å². The molecule has 2 rings (SSSR count). The van der Waals surface area contributed by atoms with Gasteiger partial charge in [-0.2, -0.15) is 0 Å². The summed E-state index contributed by atoms with van der Waals surface area (Å²) < 4.78 is 8.63. The maximum atomic E-state index is 9.86. The number of rotatable bonds is 5. The van der Waals surface area contributed by atoms with Crippen molar-refractivity contribution in [3.05, 3.63) is 52.5 Å². The molecule has 0 fully saturated rings. The number of aliphatic hydroxyl groups is 1. The number of aliphatic hydroxyl groups excluding tert-OH is 1. The third-order valence-corrected chi connectivity index (χ3v) is 3.75. The van der Waals surface area contributed by atoms with Crippen molar-refractivity contribution in [1.82, 2.24) is 9.55 Å². The van der Waals surface area contributed by atoms with Crippen LogP contribution in [0.1, 0.15) is 44.3 Å². The van der Waals surface area contributed by atoms with Gasteiger partial charge in [0, 0.05) is 22.4 Å². The van der Waals surface area contributed by atoms with Crippen LogP contribution < -0.4 is 0 Å². The summed E-state index contributed by atoms with van der Waals surface area (Å²) in [6, 6.07) is 7.64. The van der Waals surface area contributed by atoms with Crippen LogP contribution in [0, 0.1) is 11.8 Å². The van der Waals surface area contributed by atoms with E-state index in [-0.39, 0.29) is 12.1 Å². The van der Waals surface area contributed by atoms with E-state index in [1.165, 1.54) is 0 Å². The summed E-state index contributed by atoms with van der Waals surface area (Å²) in [6.07, 6.45) is 2.96. The molecule has 0 aliphatic heterocycles. The smallest absolute Gasteiger partial charge is 0.138 e. The fourth-order valence-electron chi connectivity index (χ4n) is 2.09. The van der Waals surface area contributed by atoms with Crippen molar-refractivity contribution in [1.29, 1.82) is 0 Å². The van der Waals surface area contributed by atoms with Gasteiger partial charge in [0.2, 0.25) is 0 Å². The summed E-state index contributed by atoms with van der Waals surface area (Å²) in [7, 11) is 0. The number of aromatic nitrogens is 2. The van der Waals surface area contributed by atoms with Crippen molar-refractivity contribution >= 4 is 15.9 Å². The number of benzene rings is 1. The minimum absolute atomic E-state index is 0.116. The molecule has 1 aromatic heterocycles. The summed E-state index contributed by atoms with van der Waals surface area (Å²) >= 11 is 3.41. The quantitative estimate of drug-likeness (QED) is 0.808. The fraction of sp³-hybridized carbons (Fsp3) is 0.389. The molecule has 0 unspecified atom stereocenters. The highest BCUT2D eigenvalue weighted by Crippen LogP contribution is 2.17. The van der Waals surface area contributed by atoms with Gasteiger partial charge in [-0.15, -0.1) is 0 Å². The molecule has 2 atom stereocenters. The number of halogens is 1. The number of imidazole rings is 1. The topological polar surface area (TPSA) is 47.3 Å². The maximum Gasteiger partial charge on any atom is 0.138 e. The molecule has 0 saturated heterocycles. The van der Waals surface area contributed by atoms with Crippen molar-refractivity contribution < 1.29 is 9.84 Å². The molecule has 0 bridgehead atoms. The van der Waals surface area contributed by atoms with Crippen LogP contribution in [0.5, 0.6) is 0 Å². The zero-order valence-corrected chi connectivity index (χ0v) is 15.1. The van der Waals surface area contributed by atoms with Crippen LogP contribution in [-0.2, 0) is 4.74 Å². The van der Waals surface area contributed by atoms with Crippen LogP contribution in [0.4, 0.5) is 0 Å². The average Bonchev–Trinajstić information content (AvgIpc) is 2.98. The van der Waals surface area contributed by atoms with Gasteiger partial charge in [-0.1, -0.05) is 27.8 Å². The van der Waals surface area contributed by atoms with E-state index < -0.39 is 6.10 Å². The van der Waals surface area contributed by atoms with Crippen molar-refractivity contribution in [3.8, 4) is 11.8 Å². The molecule has 23 heavy (non-hydrogen) atoms. The minimum atomic E-state index is -0.652. The van der Waals surface area contributed by atoms with Crippen LogP contribution >= 0.6 is 15.9 Å². The lowest BCUT2D eigenvalue weighted by Gasteiger charge is -2.18. The van der Waals surface area contributed by atoms with Crippen LogP contribution in [0.3, 0.4) is 0 Å². The first-order valence-electron chi connectivity index (χ1n) is 7.57. The molecule has 5 heteroatoms. The molecule has 0 aliphatic carbocycles. The highest BCUT2D eigenvalue weighted by atomic mass is 79.9. The zero-order chi connectivity index (χ0) is 16.8. The highest BCUT2D eigenvalue weighted by molar-refractivity contribution is 9.10. The van der Waals surface area contributed by atoms with E-state index in [1.807, 2.05) is 48.9 Å². The first-order valence-corrected chi connectivity index (χ1v) is 8.36. The van der Waals surface area contributed by atoms with E-state index in [0.717, 1.165) is 10.0 Å². The summed E-state index contributed by atoms with van der Waals surface area (Å²) in [6.45, 7) is 6.12. The molecular weight excluding hydrogens is 356 g/mol. The van der Waals surface area contributed by atoms with Gasteiger partial charge in [0.05, 0.1) is 12.7 Å². The first kappa shape index (κ1) is 17.7. The van der Waals surface area contributed by atoms with E-state index in [2.05, 4.69) is 32.8 Å². The zero-order valence-electron chi connectivity index (χ0n) is 13.5. The predicted molar refractivity (Wildman–Crippen MR) is 94.0 cm³/mol. The van der Waals surface area contributed by atoms with Crippen molar-refractivity contribution in [2.45, 2.75) is 39.0 Å². The van der Waals surface area contributed by atoms with Crippen LogP contribution in [-0.4, -0.2) is 27.4 Å². The fourth-order valence-corrected chi connectivity index (χ4v) is 2.35. The van der Waals surface area contributed by atoms with Crippen LogP contribution in [0.2, 0.25) is 0 Å². The minimum Gasteiger partial charge on any atom is -0.385 e. The summed E-state index contributed by atoms with van der Waals surface area (Å²) in [4.78, 5) is 4.21. The Labute approximate surface area is 145 Å². The third kappa shape index (κ3) is 5.21.